The van der Waals surface area contributed by atoms with Crippen LogP contribution in [0, 0.1) is 22.7 Å². The Labute approximate surface area is 117 Å². The number of nitriles is 2. The highest BCUT2D eigenvalue weighted by atomic mass is 35.5. The summed E-state index contributed by atoms with van der Waals surface area (Å²) >= 11 is 0. The van der Waals surface area contributed by atoms with Crippen LogP contribution in [0.5, 0.6) is 0 Å². The van der Waals surface area contributed by atoms with E-state index in [0.29, 0.717) is 13.1 Å². The van der Waals surface area contributed by atoms with E-state index in [1.165, 1.54) is 0 Å². The van der Waals surface area contributed by atoms with Crippen molar-refractivity contribution < 1.29 is 33.8 Å². The summed E-state index contributed by atoms with van der Waals surface area (Å²) in [6.07, 6.45) is 1.04. The van der Waals surface area contributed by atoms with E-state index in [4.69, 9.17) is 10.5 Å². The molecule has 17 heavy (non-hydrogen) atoms. The fourth-order valence-corrected chi connectivity index (χ4v) is 1.47. The monoisotopic (exact) mass is 280 g/mol. The molecule has 0 aliphatic rings. The van der Waals surface area contributed by atoms with Gasteiger partial charge in [0.05, 0.1) is 41.3 Å². The van der Waals surface area contributed by atoms with Gasteiger partial charge in [-0.3, -0.25) is 0 Å². The van der Waals surface area contributed by atoms with Crippen molar-refractivity contribution in [3.63, 3.8) is 0 Å². The van der Waals surface area contributed by atoms with Gasteiger partial charge in [0.1, 0.15) is 12.1 Å². The molecule has 0 saturated carbocycles. The zero-order valence-electron chi connectivity index (χ0n) is 11.1. The summed E-state index contributed by atoms with van der Waals surface area (Å²) in [5.74, 6) is 0. The number of nitrogens with zero attached hydrogens (tertiary/aromatic N) is 4. The minimum atomic E-state index is 0. The van der Waals surface area contributed by atoms with E-state index in [2.05, 4.69) is 40.3 Å². The fraction of sp³-hybridized carbons (Fsp3) is 0.818. The van der Waals surface area contributed by atoms with E-state index in [-0.39, 0.29) is 24.8 Å². The Morgan fingerprint density at radius 3 is 1.29 bits per heavy atom. The average Bonchev–Trinajstić information content (AvgIpc) is 2.02. The molecule has 0 rings (SSSR count). The van der Waals surface area contributed by atoms with Crippen LogP contribution in [0.25, 0.3) is 0 Å². The fourth-order valence-electron chi connectivity index (χ4n) is 1.47. The molecule has 100 valence electrons. The van der Waals surface area contributed by atoms with Crippen LogP contribution >= 0.6 is 0 Å². The topological polar surface area (TPSA) is 47.6 Å². The van der Waals surface area contributed by atoms with Gasteiger partial charge in [0.2, 0.25) is 0 Å². The minimum Gasteiger partial charge on any atom is -1.00 e. The summed E-state index contributed by atoms with van der Waals surface area (Å²) < 4.78 is 1.48. The van der Waals surface area contributed by atoms with Crippen LogP contribution in [0.4, 0.5) is 0 Å². The van der Waals surface area contributed by atoms with Crippen molar-refractivity contribution in [3.8, 4) is 12.1 Å². The third-order valence-electron chi connectivity index (χ3n) is 2.52. The molecule has 6 heteroatoms. The number of hydrogen-bond acceptors (Lipinski definition) is 2. The summed E-state index contributed by atoms with van der Waals surface area (Å²) in [7, 11) is 8.25. The molecule has 0 aromatic rings. The van der Waals surface area contributed by atoms with E-state index in [0.717, 1.165) is 28.5 Å². The summed E-state index contributed by atoms with van der Waals surface area (Å²) in [4.78, 5) is 0. The van der Waals surface area contributed by atoms with Crippen molar-refractivity contribution in [2.24, 2.45) is 0 Å². The van der Waals surface area contributed by atoms with Gasteiger partial charge in [0, 0.05) is 6.42 Å². The van der Waals surface area contributed by atoms with Crippen molar-refractivity contribution in [1.29, 1.82) is 10.5 Å². The third-order valence-corrected chi connectivity index (χ3v) is 2.52. The van der Waals surface area contributed by atoms with E-state index < -0.39 is 0 Å². The van der Waals surface area contributed by atoms with Gasteiger partial charge >= 0.3 is 0 Å². The second-order valence-electron chi connectivity index (χ2n) is 5.30. The Hall–Kier alpha value is -0.520. The van der Waals surface area contributed by atoms with Gasteiger partial charge in [0.15, 0.2) is 13.1 Å². The highest BCUT2D eigenvalue weighted by Gasteiger charge is 2.18. The smallest absolute Gasteiger partial charge is 0.166 e. The first-order valence-corrected chi connectivity index (χ1v) is 5.21. The molecule has 0 saturated heterocycles. The second-order valence-corrected chi connectivity index (χ2v) is 5.30. The lowest BCUT2D eigenvalue weighted by atomic mass is 10.3. The third kappa shape index (κ3) is 11.7. The molecule has 0 fully saturated rings. The van der Waals surface area contributed by atoms with E-state index in [9.17, 15) is 0 Å². The molecule has 0 aromatic heterocycles. The van der Waals surface area contributed by atoms with Crippen LogP contribution < -0.4 is 24.8 Å². The molecule has 0 aromatic carbocycles. The van der Waals surface area contributed by atoms with Crippen LogP contribution in [-0.4, -0.2) is 63.3 Å². The lowest BCUT2D eigenvalue weighted by molar-refractivity contribution is -0.902. The van der Waals surface area contributed by atoms with Gasteiger partial charge in [-0.25, -0.2) is 0 Å². The Morgan fingerprint density at radius 1 is 0.765 bits per heavy atom. The molecule has 0 N–H and O–H groups in total. The normalized spacial score (nSPS) is 10.5. The molecule has 0 bridgehead atoms. The molecular formula is C11H22Cl2N4. The quantitative estimate of drug-likeness (QED) is 0.360. The number of halogens is 2. The Kier molecular flexibility index (Phi) is 12.1. The zero-order valence-corrected chi connectivity index (χ0v) is 12.6. The predicted molar refractivity (Wildman–Crippen MR) is 59.5 cm³/mol. The van der Waals surface area contributed by atoms with Gasteiger partial charge in [-0.1, -0.05) is 0 Å². The molecule has 0 heterocycles. The maximum atomic E-state index is 8.63. The van der Waals surface area contributed by atoms with Gasteiger partial charge in [-0.15, -0.1) is 0 Å². The van der Waals surface area contributed by atoms with Crippen LogP contribution in [0.3, 0.4) is 0 Å². The molecule has 0 aliphatic carbocycles. The number of rotatable bonds is 6. The standard InChI is InChI=1S/C11H22N4.2ClH/c1-14(2,10-6-12)8-5-9-15(3,4)11-7-13;;/h5,8-11H2,1-4H3;2*1H/q+2;;/p-2. The largest absolute Gasteiger partial charge is 1.00 e. The number of quaternary nitrogens is 2. The Morgan fingerprint density at radius 2 is 1.06 bits per heavy atom. The zero-order chi connectivity index (χ0) is 11.9. The Balaban J connectivity index is -0.000000980. The maximum absolute atomic E-state index is 8.63. The first-order chi connectivity index (χ1) is 6.83. The molecule has 0 amide bonds. The summed E-state index contributed by atoms with van der Waals surface area (Å²) in [6.45, 7) is 3.07. The van der Waals surface area contributed by atoms with Gasteiger partial charge < -0.3 is 33.8 Å². The van der Waals surface area contributed by atoms with Crippen molar-refractivity contribution in [1.82, 2.24) is 0 Å². The first kappa shape index (κ1) is 21.7. The van der Waals surface area contributed by atoms with Crippen LogP contribution in [-0.2, 0) is 0 Å². The van der Waals surface area contributed by atoms with Gasteiger partial charge in [-0.05, 0) is 0 Å². The summed E-state index contributed by atoms with van der Waals surface area (Å²) in [6, 6.07) is 4.39. The van der Waals surface area contributed by atoms with Crippen molar-refractivity contribution >= 4 is 0 Å². The summed E-state index contributed by atoms with van der Waals surface area (Å²) in [5.41, 5.74) is 0. The lowest BCUT2D eigenvalue weighted by Crippen LogP contribution is -3.00. The van der Waals surface area contributed by atoms with Crippen LogP contribution in [0.1, 0.15) is 6.42 Å². The molecule has 4 nitrogen and oxygen atoms in total. The molecule has 0 radical (unpaired) electrons. The Bertz CT molecular complexity index is 248. The van der Waals surface area contributed by atoms with Gasteiger partial charge in [0.25, 0.3) is 0 Å². The predicted octanol–water partition coefficient (Wildman–Crippen LogP) is -5.42. The van der Waals surface area contributed by atoms with E-state index >= 15 is 0 Å². The van der Waals surface area contributed by atoms with Crippen molar-refractivity contribution in [2.75, 3.05) is 54.4 Å². The van der Waals surface area contributed by atoms with Crippen LogP contribution in [0.15, 0.2) is 0 Å². The molecular weight excluding hydrogens is 259 g/mol. The highest BCUT2D eigenvalue weighted by molar-refractivity contribution is 4.68. The van der Waals surface area contributed by atoms with Crippen molar-refractivity contribution in [3.05, 3.63) is 0 Å². The molecule has 0 atom stereocenters. The number of hydrogen-bond donors (Lipinski definition) is 0. The molecule has 0 unspecified atom stereocenters. The maximum Gasteiger partial charge on any atom is 0.166 e. The highest BCUT2D eigenvalue weighted by Crippen LogP contribution is 2.03. The van der Waals surface area contributed by atoms with E-state index in [1.54, 1.807) is 0 Å². The average molecular weight is 281 g/mol. The lowest BCUT2D eigenvalue weighted by Gasteiger charge is -2.30. The SMILES string of the molecule is C[N+](C)(CC#N)CCC[N+](C)(C)CC#N.[Cl-].[Cl-]. The van der Waals surface area contributed by atoms with Crippen molar-refractivity contribution in [2.45, 2.75) is 6.42 Å². The second kappa shape index (κ2) is 9.50. The molecule has 0 aliphatic heterocycles. The summed E-state index contributed by atoms with van der Waals surface area (Å²) in [5, 5.41) is 17.3. The molecule has 0 spiro atoms. The van der Waals surface area contributed by atoms with Crippen LogP contribution in [0.2, 0.25) is 0 Å². The first-order valence-electron chi connectivity index (χ1n) is 5.21. The van der Waals surface area contributed by atoms with Gasteiger partial charge in [-0.2, -0.15) is 10.5 Å². The minimum absolute atomic E-state index is 0. The van der Waals surface area contributed by atoms with E-state index in [1.807, 2.05) is 0 Å².